The quantitative estimate of drug-likeness (QED) is 0.513. The fourth-order valence-electron chi connectivity index (χ4n) is 2.60. The first-order valence-electron chi connectivity index (χ1n) is 8.10. The van der Waals surface area contributed by atoms with Crippen LogP contribution in [0.2, 0.25) is 0 Å². The lowest BCUT2D eigenvalue weighted by molar-refractivity contribution is -0.192. The molecule has 0 aliphatic heterocycles. The van der Waals surface area contributed by atoms with Crippen LogP contribution in [0, 0.1) is 0 Å². The van der Waals surface area contributed by atoms with Gasteiger partial charge in [-0.2, -0.15) is 18.3 Å². The topological polar surface area (TPSA) is 78.9 Å². The highest BCUT2D eigenvalue weighted by molar-refractivity contribution is 5.94. The van der Waals surface area contributed by atoms with E-state index in [0.29, 0.717) is 0 Å². The molecule has 0 bridgehead atoms. The maximum Gasteiger partial charge on any atom is 0.490 e. The van der Waals surface area contributed by atoms with Crippen LogP contribution in [0.3, 0.4) is 0 Å². The second-order valence-corrected chi connectivity index (χ2v) is 5.73. The van der Waals surface area contributed by atoms with Crippen LogP contribution in [-0.4, -0.2) is 32.4 Å². The number of aromatic amines is 1. The highest BCUT2D eigenvalue weighted by Crippen LogP contribution is 2.29. The zero-order chi connectivity index (χ0) is 20.1. The summed E-state index contributed by atoms with van der Waals surface area (Å²) in [6.07, 6.45) is -1.46. The maximum atomic E-state index is 10.6. The molecule has 4 rings (SSSR count). The van der Waals surface area contributed by atoms with E-state index < -0.39 is 12.1 Å². The Labute approximate surface area is 157 Å². The second-order valence-electron chi connectivity index (χ2n) is 5.73. The van der Waals surface area contributed by atoms with E-state index in [4.69, 9.17) is 9.90 Å². The van der Waals surface area contributed by atoms with Crippen LogP contribution in [0.5, 0.6) is 0 Å². The Morgan fingerprint density at radius 3 is 2.32 bits per heavy atom. The number of nitrogens with one attached hydrogen (secondary N) is 1. The molecule has 0 saturated carbocycles. The predicted molar refractivity (Wildman–Crippen MR) is 98.5 cm³/mol. The number of rotatable bonds is 2. The smallest absolute Gasteiger partial charge is 0.475 e. The van der Waals surface area contributed by atoms with E-state index >= 15 is 0 Å². The number of hydrogen-bond acceptors (Lipinski definition) is 3. The zero-order valence-corrected chi connectivity index (χ0v) is 14.3. The van der Waals surface area contributed by atoms with Gasteiger partial charge in [0, 0.05) is 28.9 Å². The lowest BCUT2D eigenvalue weighted by atomic mass is 10.0. The third-order valence-electron chi connectivity index (χ3n) is 3.86. The number of fused-ring (bicyclic) bond motifs is 1. The van der Waals surface area contributed by atoms with Crippen LogP contribution in [-0.2, 0) is 4.79 Å². The Kier molecular flexibility index (Phi) is 5.39. The molecule has 0 radical (unpaired) electrons. The van der Waals surface area contributed by atoms with Crippen LogP contribution in [0.1, 0.15) is 0 Å². The van der Waals surface area contributed by atoms with Crippen molar-refractivity contribution in [2.75, 3.05) is 0 Å². The number of alkyl halides is 3. The molecule has 2 aromatic heterocycles. The van der Waals surface area contributed by atoms with Crippen molar-refractivity contribution in [2.45, 2.75) is 6.18 Å². The number of pyridine rings is 1. The van der Waals surface area contributed by atoms with Gasteiger partial charge in [0.2, 0.25) is 0 Å². The lowest BCUT2D eigenvalue weighted by Crippen LogP contribution is -2.21. The number of aromatic nitrogens is 3. The van der Waals surface area contributed by atoms with Crippen molar-refractivity contribution in [3.8, 4) is 22.5 Å². The fourth-order valence-corrected chi connectivity index (χ4v) is 2.60. The second kappa shape index (κ2) is 7.91. The summed E-state index contributed by atoms with van der Waals surface area (Å²) in [6.45, 7) is 0. The standard InChI is InChI=1S/C18H13N3.C2HF3O2/c1-2-7-16-13(4-1)8-10-19-18(16)15-6-3-5-14(12-15)17-9-11-20-21-17;3-2(4,5)1(6)7/h1-12H,(H,20,21);(H,6,7). The van der Waals surface area contributed by atoms with Crippen molar-refractivity contribution in [1.82, 2.24) is 15.2 Å². The van der Waals surface area contributed by atoms with Gasteiger partial charge < -0.3 is 5.11 Å². The van der Waals surface area contributed by atoms with E-state index in [2.05, 4.69) is 51.6 Å². The monoisotopic (exact) mass is 385 g/mol. The molecule has 2 aromatic carbocycles. The van der Waals surface area contributed by atoms with Gasteiger partial charge in [-0.05, 0) is 23.6 Å². The summed E-state index contributed by atoms with van der Waals surface area (Å²) in [7, 11) is 0. The van der Waals surface area contributed by atoms with Gasteiger partial charge in [0.25, 0.3) is 0 Å². The molecule has 0 amide bonds. The molecular formula is C20H14F3N3O2. The molecule has 0 fully saturated rings. The number of carbonyl (C=O) groups is 1. The highest BCUT2D eigenvalue weighted by Gasteiger charge is 2.38. The summed E-state index contributed by atoms with van der Waals surface area (Å²) in [5, 5.41) is 16.5. The van der Waals surface area contributed by atoms with E-state index in [0.717, 1.165) is 22.5 Å². The van der Waals surface area contributed by atoms with Crippen LogP contribution in [0.25, 0.3) is 33.3 Å². The average Bonchev–Trinajstić information content (AvgIpc) is 3.22. The largest absolute Gasteiger partial charge is 0.490 e. The number of carboxylic acids is 1. The third-order valence-corrected chi connectivity index (χ3v) is 3.86. The zero-order valence-electron chi connectivity index (χ0n) is 14.3. The van der Waals surface area contributed by atoms with Gasteiger partial charge in [0.1, 0.15) is 0 Å². The van der Waals surface area contributed by atoms with E-state index in [9.17, 15) is 13.2 Å². The van der Waals surface area contributed by atoms with Gasteiger partial charge >= 0.3 is 12.1 Å². The average molecular weight is 385 g/mol. The van der Waals surface area contributed by atoms with Gasteiger partial charge in [0.15, 0.2) is 0 Å². The van der Waals surface area contributed by atoms with Crippen LogP contribution >= 0.6 is 0 Å². The highest BCUT2D eigenvalue weighted by atomic mass is 19.4. The van der Waals surface area contributed by atoms with Gasteiger partial charge in [-0.3, -0.25) is 10.1 Å². The molecule has 0 unspecified atom stereocenters. The summed E-state index contributed by atoms with van der Waals surface area (Å²) in [5.41, 5.74) is 4.24. The van der Waals surface area contributed by atoms with Gasteiger partial charge in [-0.1, -0.05) is 42.5 Å². The van der Waals surface area contributed by atoms with E-state index in [1.54, 1.807) is 6.20 Å². The maximum absolute atomic E-state index is 10.6. The van der Waals surface area contributed by atoms with Crippen LogP contribution in [0.15, 0.2) is 73.1 Å². The molecule has 8 heteroatoms. The van der Waals surface area contributed by atoms with E-state index in [1.807, 2.05) is 30.5 Å². The molecule has 5 nitrogen and oxygen atoms in total. The molecule has 0 aliphatic carbocycles. The van der Waals surface area contributed by atoms with Crippen molar-refractivity contribution >= 4 is 16.7 Å². The van der Waals surface area contributed by atoms with Crippen molar-refractivity contribution < 1.29 is 23.1 Å². The summed E-state index contributed by atoms with van der Waals surface area (Å²) in [6, 6.07) is 20.7. The van der Waals surface area contributed by atoms with E-state index in [-0.39, 0.29) is 0 Å². The van der Waals surface area contributed by atoms with Crippen molar-refractivity contribution in [2.24, 2.45) is 0 Å². The Bertz CT molecular complexity index is 1090. The van der Waals surface area contributed by atoms with Gasteiger partial charge in [-0.25, -0.2) is 4.79 Å². The minimum absolute atomic E-state index is 1.01. The number of H-pyrrole nitrogens is 1. The van der Waals surface area contributed by atoms with Crippen molar-refractivity contribution in [1.29, 1.82) is 0 Å². The number of aliphatic carboxylic acids is 1. The normalized spacial score (nSPS) is 11.0. The van der Waals surface area contributed by atoms with Crippen LogP contribution < -0.4 is 0 Å². The molecule has 2 N–H and O–H groups in total. The molecule has 2 heterocycles. The Morgan fingerprint density at radius 1 is 0.929 bits per heavy atom. The first-order chi connectivity index (χ1) is 13.4. The Balaban J connectivity index is 0.000000279. The van der Waals surface area contributed by atoms with E-state index in [1.165, 1.54) is 10.8 Å². The molecule has 4 aromatic rings. The van der Waals surface area contributed by atoms with Crippen LogP contribution in [0.4, 0.5) is 13.2 Å². The fraction of sp³-hybridized carbons (Fsp3) is 0.0500. The first-order valence-corrected chi connectivity index (χ1v) is 8.10. The molecule has 0 spiro atoms. The summed E-state index contributed by atoms with van der Waals surface area (Å²) >= 11 is 0. The minimum Gasteiger partial charge on any atom is -0.475 e. The summed E-state index contributed by atoms with van der Waals surface area (Å²) in [5.74, 6) is -2.76. The Hall–Kier alpha value is -3.68. The molecule has 142 valence electrons. The van der Waals surface area contributed by atoms with Gasteiger partial charge in [0.05, 0.1) is 11.4 Å². The van der Waals surface area contributed by atoms with Gasteiger partial charge in [-0.15, -0.1) is 0 Å². The molecule has 0 aliphatic rings. The summed E-state index contributed by atoms with van der Waals surface area (Å²) < 4.78 is 31.7. The Morgan fingerprint density at radius 2 is 1.64 bits per heavy atom. The molecule has 0 saturated heterocycles. The number of carboxylic acid groups (broad SMARTS) is 1. The first kappa shape index (κ1) is 19.1. The van der Waals surface area contributed by atoms with Crippen molar-refractivity contribution in [3.63, 3.8) is 0 Å². The lowest BCUT2D eigenvalue weighted by Gasteiger charge is -2.07. The summed E-state index contributed by atoms with van der Waals surface area (Å²) in [4.78, 5) is 13.5. The number of hydrogen-bond donors (Lipinski definition) is 2. The van der Waals surface area contributed by atoms with Crippen molar-refractivity contribution in [3.05, 3.63) is 73.1 Å². The SMILES string of the molecule is O=C(O)C(F)(F)F.c1cc(-c2ccn[nH]2)cc(-c2nccc3ccccc23)c1. The third kappa shape index (κ3) is 4.35. The molecule has 0 atom stereocenters. The predicted octanol–water partition coefficient (Wildman–Crippen LogP) is 4.93. The molecule has 28 heavy (non-hydrogen) atoms. The molecular weight excluding hydrogens is 371 g/mol. The number of nitrogens with zero attached hydrogens (tertiary/aromatic N) is 2. The number of halogens is 3. The number of benzene rings is 2. The minimum atomic E-state index is -5.08.